The summed E-state index contributed by atoms with van der Waals surface area (Å²) in [6.07, 6.45) is 0.277. The van der Waals surface area contributed by atoms with Crippen molar-refractivity contribution in [1.82, 2.24) is 9.29 Å². The lowest BCUT2D eigenvalue weighted by Gasteiger charge is -2.62. The van der Waals surface area contributed by atoms with Crippen molar-refractivity contribution in [3.05, 3.63) is 65.4 Å². The number of rotatable bonds is 6. The summed E-state index contributed by atoms with van der Waals surface area (Å²) >= 11 is 0. The first kappa shape index (κ1) is 30.1. The Balaban J connectivity index is 1.55. The number of para-hydroxylation sites is 1. The maximum absolute atomic E-state index is 14.3. The average Bonchev–Trinajstić information content (AvgIpc) is 3.32. The summed E-state index contributed by atoms with van der Waals surface area (Å²) in [5, 5.41) is 0.674. The zero-order chi connectivity index (χ0) is 31.2. The van der Waals surface area contributed by atoms with Crippen LogP contribution >= 0.6 is 0 Å². The Morgan fingerprint density at radius 1 is 1.14 bits per heavy atom. The summed E-state index contributed by atoms with van der Waals surface area (Å²) in [5.41, 5.74) is 0.392. The van der Waals surface area contributed by atoms with E-state index in [0.29, 0.717) is 11.3 Å². The van der Waals surface area contributed by atoms with Crippen molar-refractivity contribution in [3.8, 4) is 0 Å². The molecule has 1 spiro atoms. The van der Waals surface area contributed by atoms with Crippen LogP contribution < -0.4 is 0 Å². The third kappa shape index (κ3) is 4.18. The molecule has 0 unspecified atom stereocenters. The Kier molecular flexibility index (Phi) is 6.82. The van der Waals surface area contributed by atoms with Crippen LogP contribution in [0.5, 0.6) is 0 Å². The number of esters is 2. The van der Waals surface area contributed by atoms with E-state index in [1.165, 1.54) is 11.4 Å². The number of carbonyl (C=O) groups excluding carboxylic acids is 2. The van der Waals surface area contributed by atoms with Crippen LogP contribution in [0.4, 0.5) is 0 Å². The smallest absolute Gasteiger partial charge is 0.320 e. The van der Waals surface area contributed by atoms with E-state index in [9.17, 15) is 18.0 Å². The van der Waals surface area contributed by atoms with Gasteiger partial charge in [0.05, 0.1) is 25.2 Å². The summed E-state index contributed by atoms with van der Waals surface area (Å²) in [6, 6.07) is 14.4. The molecular weight excluding hydrogens is 585 g/mol. The summed E-state index contributed by atoms with van der Waals surface area (Å²) in [6.45, 7) is 12.7. The zero-order valence-corrected chi connectivity index (χ0v) is 27.6. The van der Waals surface area contributed by atoms with E-state index in [1.807, 2.05) is 31.2 Å². The quantitative estimate of drug-likeness (QED) is 0.303. The van der Waals surface area contributed by atoms with Gasteiger partial charge in [-0.05, 0) is 49.7 Å². The maximum atomic E-state index is 14.3. The van der Waals surface area contributed by atoms with Gasteiger partial charge in [-0.2, -0.15) is 4.31 Å². The number of nitrogens with one attached hydrogen (secondary N) is 1. The molecule has 9 nitrogen and oxygen atoms in total. The van der Waals surface area contributed by atoms with E-state index < -0.39 is 53.1 Å². The molecule has 11 heteroatoms. The number of methoxy groups -OCH3 is 1. The number of aryl methyl sites for hydroxylation is 1. The SMILES string of the molecule is COC(=O)[C@]1(CO[Si](C)(C)C(C)(C)C)c2[nH]c3ccccc3c2[C@H]2C(=O)O[C@]23CN(S(=O)(=O)c2ccc(C)cc2)CC[C@@H]31. The van der Waals surface area contributed by atoms with Crippen LogP contribution in [0.25, 0.3) is 10.9 Å². The maximum Gasteiger partial charge on any atom is 0.320 e. The molecule has 0 saturated carbocycles. The molecule has 0 radical (unpaired) electrons. The standard InChI is InChI=1S/C32H40N2O7SSi/c1-20-12-14-21(15-13-20)42(37,38)34-17-16-24-31(29(36)39-5,19-40-43(6,7)30(2,3)4)27-25(22-10-8-9-11-23(22)33-27)26-28(35)41-32(24,26)18-34/h8-15,24,26,33H,16-19H2,1-7H3/t24-,26+,31+,32+/m1/s1. The van der Waals surface area contributed by atoms with Gasteiger partial charge in [0, 0.05) is 34.6 Å². The second-order valence-electron chi connectivity index (χ2n) is 13.8. The molecule has 3 aromatic rings. The molecule has 0 bridgehead atoms. The minimum Gasteiger partial charge on any atom is -0.468 e. The van der Waals surface area contributed by atoms with E-state index in [2.05, 4.69) is 38.8 Å². The number of piperidine rings is 1. The van der Waals surface area contributed by atoms with Crippen molar-refractivity contribution in [1.29, 1.82) is 0 Å². The van der Waals surface area contributed by atoms with Gasteiger partial charge >= 0.3 is 11.9 Å². The topological polar surface area (TPSA) is 115 Å². The van der Waals surface area contributed by atoms with Gasteiger partial charge in [-0.3, -0.25) is 9.59 Å². The highest BCUT2D eigenvalue weighted by Crippen LogP contribution is 2.63. The average molecular weight is 625 g/mol. The van der Waals surface area contributed by atoms with E-state index in [-0.39, 0.29) is 36.1 Å². The molecule has 2 aliphatic heterocycles. The second kappa shape index (κ2) is 9.75. The van der Waals surface area contributed by atoms with Gasteiger partial charge in [0.1, 0.15) is 16.9 Å². The van der Waals surface area contributed by atoms with E-state index in [4.69, 9.17) is 13.9 Å². The third-order valence-electron chi connectivity index (χ3n) is 10.4. The summed E-state index contributed by atoms with van der Waals surface area (Å²) < 4.78 is 47.8. The Labute approximate surface area is 254 Å². The van der Waals surface area contributed by atoms with Gasteiger partial charge < -0.3 is 18.9 Å². The molecule has 0 amide bonds. The van der Waals surface area contributed by atoms with Crippen molar-refractivity contribution in [3.63, 3.8) is 0 Å². The van der Waals surface area contributed by atoms with Crippen molar-refractivity contribution >= 4 is 41.2 Å². The molecule has 6 rings (SSSR count). The first-order chi connectivity index (χ1) is 20.1. The summed E-state index contributed by atoms with van der Waals surface area (Å²) in [5.74, 6) is -2.23. The van der Waals surface area contributed by atoms with Crippen molar-refractivity contribution in [2.75, 3.05) is 26.8 Å². The second-order valence-corrected chi connectivity index (χ2v) is 20.5. The first-order valence-corrected chi connectivity index (χ1v) is 19.1. The predicted molar refractivity (Wildman–Crippen MR) is 165 cm³/mol. The number of H-pyrrole nitrogens is 1. The van der Waals surface area contributed by atoms with Gasteiger partial charge in [-0.25, -0.2) is 8.42 Å². The number of aromatic amines is 1. The number of nitrogens with zero attached hydrogens (tertiary/aromatic N) is 1. The highest BCUT2D eigenvalue weighted by Gasteiger charge is 2.75. The lowest BCUT2D eigenvalue weighted by atomic mass is 9.51. The minimum absolute atomic E-state index is 0.0252. The van der Waals surface area contributed by atoms with Gasteiger partial charge in [-0.15, -0.1) is 0 Å². The molecule has 2 aromatic carbocycles. The van der Waals surface area contributed by atoms with Crippen LogP contribution in [0.15, 0.2) is 53.4 Å². The summed E-state index contributed by atoms with van der Waals surface area (Å²) in [4.78, 5) is 31.4. The Hall–Kier alpha value is -2.99. The predicted octanol–water partition coefficient (Wildman–Crippen LogP) is 5.01. The first-order valence-electron chi connectivity index (χ1n) is 14.7. The van der Waals surface area contributed by atoms with Crippen LogP contribution in [0.2, 0.25) is 18.1 Å². The number of fused-ring (bicyclic) bond motifs is 4. The molecule has 230 valence electrons. The van der Waals surface area contributed by atoms with Crippen LogP contribution in [-0.2, 0) is 38.9 Å². The molecule has 3 heterocycles. The molecule has 43 heavy (non-hydrogen) atoms. The van der Waals surface area contributed by atoms with E-state index >= 15 is 0 Å². The van der Waals surface area contributed by atoms with Crippen molar-refractivity contribution in [2.45, 2.75) is 74.1 Å². The highest BCUT2D eigenvalue weighted by atomic mass is 32.2. The molecule has 2 saturated heterocycles. The van der Waals surface area contributed by atoms with Crippen LogP contribution in [-0.4, -0.2) is 70.4 Å². The Morgan fingerprint density at radius 3 is 2.44 bits per heavy atom. The van der Waals surface area contributed by atoms with Crippen LogP contribution in [0, 0.1) is 12.8 Å². The fourth-order valence-corrected chi connectivity index (χ4v) is 9.59. The normalized spacial score (nSPS) is 27.5. The molecule has 1 aromatic heterocycles. The summed E-state index contributed by atoms with van der Waals surface area (Å²) in [7, 11) is -4.92. The minimum atomic E-state index is -3.91. The Bertz CT molecular complexity index is 1730. The van der Waals surface area contributed by atoms with Crippen LogP contribution in [0.3, 0.4) is 0 Å². The molecular formula is C32H40N2O7SSi. The number of hydrogen-bond acceptors (Lipinski definition) is 7. The number of benzene rings is 2. The van der Waals surface area contributed by atoms with E-state index in [1.54, 1.807) is 24.3 Å². The number of aromatic nitrogens is 1. The molecule has 1 N–H and O–H groups in total. The number of hydrogen-bond donors (Lipinski definition) is 1. The fraction of sp³-hybridized carbons (Fsp3) is 0.500. The van der Waals surface area contributed by atoms with E-state index in [0.717, 1.165) is 16.5 Å². The van der Waals surface area contributed by atoms with Crippen LogP contribution in [0.1, 0.15) is 49.9 Å². The number of carbonyl (C=O) groups is 2. The van der Waals surface area contributed by atoms with Crippen molar-refractivity contribution in [2.24, 2.45) is 5.92 Å². The third-order valence-corrected chi connectivity index (χ3v) is 16.8. The van der Waals surface area contributed by atoms with Gasteiger partial charge in [-0.1, -0.05) is 56.7 Å². The monoisotopic (exact) mass is 624 g/mol. The van der Waals surface area contributed by atoms with Gasteiger partial charge in [0.15, 0.2) is 8.32 Å². The van der Waals surface area contributed by atoms with Gasteiger partial charge in [0.2, 0.25) is 10.0 Å². The Morgan fingerprint density at radius 2 is 1.81 bits per heavy atom. The highest BCUT2D eigenvalue weighted by molar-refractivity contribution is 7.89. The molecule has 4 atom stereocenters. The lowest BCUT2D eigenvalue weighted by molar-refractivity contribution is -0.236. The molecule has 3 aliphatic rings. The largest absolute Gasteiger partial charge is 0.468 e. The molecule has 1 aliphatic carbocycles. The van der Waals surface area contributed by atoms with Gasteiger partial charge in [0.25, 0.3) is 0 Å². The zero-order valence-electron chi connectivity index (χ0n) is 25.8. The fourth-order valence-electron chi connectivity index (χ4n) is 7.07. The number of sulfonamides is 1. The van der Waals surface area contributed by atoms with Crippen molar-refractivity contribution < 1.29 is 31.9 Å². The number of ether oxygens (including phenoxy) is 2. The molecule has 2 fully saturated rings. The lowest BCUT2D eigenvalue weighted by Crippen LogP contribution is -2.76.